The van der Waals surface area contributed by atoms with Crippen molar-refractivity contribution >= 4 is 12.2 Å². The van der Waals surface area contributed by atoms with Crippen molar-refractivity contribution in [3.63, 3.8) is 0 Å². The standard InChI is InChI=1S/C13H17NO/c1-9(2)5-11-7-13(15)8-12(14-11)6-10(3)4/h5-8H,1-4H3,(H,14,15). The second-order valence-electron chi connectivity index (χ2n) is 4.12. The molecular formula is C13H17NO. The summed E-state index contributed by atoms with van der Waals surface area (Å²) in [6.07, 6.45) is 3.89. The largest absolute Gasteiger partial charge is 0.508 e. The zero-order valence-electron chi connectivity index (χ0n) is 9.70. The molecule has 1 N–H and O–H groups in total. The minimum absolute atomic E-state index is 0.255. The summed E-state index contributed by atoms with van der Waals surface area (Å²) < 4.78 is 0. The molecule has 0 saturated carbocycles. The molecule has 0 amide bonds. The number of hydrogen-bond acceptors (Lipinski definition) is 2. The second kappa shape index (κ2) is 4.78. The molecule has 0 bridgehead atoms. The fourth-order valence-corrected chi connectivity index (χ4v) is 1.30. The van der Waals surface area contributed by atoms with Crippen molar-refractivity contribution in [3.05, 3.63) is 34.7 Å². The Hall–Kier alpha value is -1.57. The molecule has 0 saturated heterocycles. The molecule has 0 atom stereocenters. The lowest BCUT2D eigenvalue weighted by atomic mass is 10.2. The van der Waals surface area contributed by atoms with Crippen LogP contribution in [-0.2, 0) is 0 Å². The Labute approximate surface area is 91.0 Å². The van der Waals surface area contributed by atoms with E-state index in [1.54, 1.807) is 12.1 Å². The smallest absolute Gasteiger partial charge is 0.119 e. The van der Waals surface area contributed by atoms with Gasteiger partial charge in [0.15, 0.2) is 0 Å². The van der Waals surface area contributed by atoms with E-state index < -0.39 is 0 Å². The van der Waals surface area contributed by atoms with Crippen LogP contribution < -0.4 is 0 Å². The average molecular weight is 203 g/mol. The fourth-order valence-electron chi connectivity index (χ4n) is 1.30. The summed E-state index contributed by atoms with van der Waals surface area (Å²) in [5, 5.41) is 9.52. The van der Waals surface area contributed by atoms with Gasteiger partial charge in [-0.2, -0.15) is 0 Å². The van der Waals surface area contributed by atoms with Gasteiger partial charge in [-0.25, -0.2) is 4.98 Å². The molecular weight excluding hydrogens is 186 g/mol. The van der Waals surface area contributed by atoms with E-state index in [1.165, 1.54) is 0 Å². The minimum Gasteiger partial charge on any atom is -0.508 e. The van der Waals surface area contributed by atoms with Crippen molar-refractivity contribution in [2.45, 2.75) is 27.7 Å². The Morgan fingerprint density at radius 1 is 1.00 bits per heavy atom. The van der Waals surface area contributed by atoms with Gasteiger partial charge in [-0.1, -0.05) is 11.1 Å². The number of pyridine rings is 1. The van der Waals surface area contributed by atoms with Gasteiger partial charge >= 0.3 is 0 Å². The van der Waals surface area contributed by atoms with Gasteiger partial charge in [0.1, 0.15) is 5.75 Å². The monoisotopic (exact) mass is 203 g/mol. The van der Waals surface area contributed by atoms with Crippen molar-refractivity contribution in [3.8, 4) is 5.75 Å². The predicted molar refractivity (Wildman–Crippen MR) is 64.6 cm³/mol. The zero-order chi connectivity index (χ0) is 11.4. The van der Waals surface area contributed by atoms with Crippen LogP contribution in [0, 0.1) is 0 Å². The number of aromatic hydroxyl groups is 1. The van der Waals surface area contributed by atoms with E-state index in [1.807, 2.05) is 39.8 Å². The van der Waals surface area contributed by atoms with E-state index in [2.05, 4.69) is 4.98 Å². The quantitative estimate of drug-likeness (QED) is 0.796. The van der Waals surface area contributed by atoms with Crippen LogP contribution in [0.25, 0.3) is 12.2 Å². The van der Waals surface area contributed by atoms with Gasteiger partial charge in [-0.3, -0.25) is 0 Å². The molecule has 1 aromatic rings. The average Bonchev–Trinajstić information content (AvgIpc) is 1.98. The van der Waals surface area contributed by atoms with E-state index >= 15 is 0 Å². The fraction of sp³-hybridized carbons (Fsp3) is 0.308. The van der Waals surface area contributed by atoms with Crippen LogP contribution >= 0.6 is 0 Å². The van der Waals surface area contributed by atoms with E-state index in [0.29, 0.717) is 0 Å². The molecule has 2 nitrogen and oxygen atoms in total. The van der Waals surface area contributed by atoms with Crippen LogP contribution in [0.1, 0.15) is 39.1 Å². The van der Waals surface area contributed by atoms with Crippen molar-refractivity contribution < 1.29 is 5.11 Å². The Morgan fingerprint density at radius 2 is 1.40 bits per heavy atom. The van der Waals surface area contributed by atoms with Crippen LogP contribution in [0.3, 0.4) is 0 Å². The number of rotatable bonds is 2. The Balaban J connectivity index is 3.17. The lowest BCUT2D eigenvalue weighted by molar-refractivity contribution is 0.474. The lowest BCUT2D eigenvalue weighted by Gasteiger charge is -2.00. The van der Waals surface area contributed by atoms with Gasteiger partial charge in [0, 0.05) is 12.1 Å². The van der Waals surface area contributed by atoms with Crippen molar-refractivity contribution in [2.24, 2.45) is 0 Å². The van der Waals surface area contributed by atoms with Crippen molar-refractivity contribution in [1.29, 1.82) is 0 Å². The van der Waals surface area contributed by atoms with E-state index in [0.717, 1.165) is 22.5 Å². The van der Waals surface area contributed by atoms with Crippen LogP contribution in [0.4, 0.5) is 0 Å². The van der Waals surface area contributed by atoms with E-state index in [-0.39, 0.29) is 5.75 Å². The number of aromatic nitrogens is 1. The van der Waals surface area contributed by atoms with Gasteiger partial charge in [-0.15, -0.1) is 0 Å². The molecule has 0 aliphatic rings. The first kappa shape index (κ1) is 11.5. The van der Waals surface area contributed by atoms with Crippen molar-refractivity contribution in [1.82, 2.24) is 4.98 Å². The highest BCUT2D eigenvalue weighted by molar-refractivity contribution is 5.56. The highest BCUT2D eigenvalue weighted by atomic mass is 16.3. The molecule has 0 radical (unpaired) electrons. The first-order valence-corrected chi connectivity index (χ1v) is 4.98. The van der Waals surface area contributed by atoms with Gasteiger partial charge in [0.2, 0.25) is 0 Å². The lowest BCUT2D eigenvalue weighted by Crippen LogP contribution is -1.86. The molecule has 0 unspecified atom stereocenters. The van der Waals surface area contributed by atoms with Crippen LogP contribution in [0.15, 0.2) is 23.3 Å². The maximum Gasteiger partial charge on any atom is 0.119 e. The predicted octanol–water partition coefficient (Wildman–Crippen LogP) is 3.63. The third-order valence-electron chi connectivity index (χ3n) is 1.72. The molecule has 0 fully saturated rings. The first-order chi connectivity index (χ1) is 6.97. The minimum atomic E-state index is 0.255. The third kappa shape index (κ3) is 3.98. The van der Waals surface area contributed by atoms with E-state index in [4.69, 9.17) is 0 Å². The zero-order valence-corrected chi connectivity index (χ0v) is 9.70. The van der Waals surface area contributed by atoms with Crippen molar-refractivity contribution in [2.75, 3.05) is 0 Å². The highest BCUT2D eigenvalue weighted by Crippen LogP contribution is 2.16. The summed E-state index contributed by atoms with van der Waals surface area (Å²) in [6.45, 7) is 8.03. The molecule has 1 rings (SSSR count). The summed E-state index contributed by atoms with van der Waals surface area (Å²) in [7, 11) is 0. The summed E-state index contributed by atoms with van der Waals surface area (Å²) >= 11 is 0. The second-order valence-corrected chi connectivity index (χ2v) is 4.12. The van der Waals surface area contributed by atoms with E-state index in [9.17, 15) is 5.11 Å². The van der Waals surface area contributed by atoms with Gasteiger partial charge in [-0.05, 0) is 39.8 Å². The molecule has 0 aliphatic heterocycles. The molecule has 15 heavy (non-hydrogen) atoms. The maximum atomic E-state index is 9.52. The van der Waals surface area contributed by atoms with Gasteiger partial charge in [0.05, 0.1) is 11.4 Å². The Morgan fingerprint density at radius 3 is 1.73 bits per heavy atom. The summed E-state index contributed by atoms with van der Waals surface area (Å²) in [5.74, 6) is 0.255. The molecule has 0 aromatic carbocycles. The summed E-state index contributed by atoms with van der Waals surface area (Å²) in [4.78, 5) is 4.40. The van der Waals surface area contributed by atoms with Gasteiger partial charge < -0.3 is 5.11 Å². The summed E-state index contributed by atoms with van der Waals surface area (Å²) in [5.41, 5.74) is 3.91. The first-order valence-electron chi connectivity index (χ1n) is 4.98. The maximum absolute atomic E-state index is 9.52. The van der Waals surface area contributed by atoms with Crippen LogP contribution in [0.5, 0.6) is 5.75 Å². The van der Waals surface area contributed by atoms with Crippen LogP contribution in [-0.4, -0.2) is 10.1 Å². The SMILES string of the molecule is CC(C)=Cc1cc(O)cc(C=C(C)C)n1. The number of allylic oxidation sites excluding steroid dienone is 2. The Kier molecular flexibility index (Phi) is 3.67. The molecule has 0 spiro atoms. The molecule has 0 aliphatic carbocycles. The molecule has 80 valence electrons. The molecule has 1 heterocycles. The summed E-state index contributed by atoms with van der Waals surface area (Å²) in [6, 6.07) is 3.32. The third-order valence-corrected chi connectivity index (χ3v) is 1.72. The molecule has 1 aromatic heterocycles. The highest BCUT2D eigenvalue weighted by Gasteiger charge is 1.98. The topological polar surface area (TPSA) is 33.1 Å². The number of nitrogens with zero attached hydrogens (tertiary/aromatic N) is 1. The van der Waals surface area contributed by atoms with Gasteiger partial charge in [0.25, 0.3) is 0 Å². The normalized spacial score (nSPS) is 9.60. The number of hydrogen-bond donors (Lipinski definition) is 1. The Bertz CT molecular complexity index is 372. The molecule has 2 heteroatoms. The van der Waals surface area contributed by atoms with Crippen LogP contribution in [0.2, 0.25) is 0 Å².